The van der Waals surface area contributed by atoms with Crippen molar-refractivity contribution in [3.8, 4) is 0 Å². The van der Waals surface area contributed by atoms with Crippen molar-refractivity contribution < 1.29 is 14.7 Å². The van der Waals surface area contributed by atoms with Crippen molar-refractivity contribution in [2.75, 3.05) is 5.32 Å². The zero-order chi connectivity index (χ0) is 14.5. The van der Waals surface area contributed by atoms with Crippen LogP contribution in [-0.4, -0.2) is 17.0 Å². The molecular weight excluding hydrogens is 254 g/mol. The Bertz CT molecular complexity index is 504. The molecule has 1 aliphatic carbocycles. The molecule has 108 valence electrons. The lowest BCUT2D eigenvalue weighted by Gasteiger charge is -2.10. The van der Waals surface area contributed by atoms with E-state index in [-0.39, 0.29) is 11.5 Å². The fourth-order valence-corrected chi connectivity index (χ4v) is 2.84. The first kappa shape index (κ1) is 14.6. The Kier molecular flexibility index (Phi) is 4.77. The number of aromatic carboxylic acids is 1. The minimum atomic E-state index is -0.943. The van der Waals surface area contributed by atoms with Crippen LogP contribution in [0.4, 0.5) is 5.69 Å². The number of carbonyl (C=O) groups excluding carboxylic acids is 1. The Balaban J connectivity index is 1.87. The summed E-state index contributed by atoms with van der Waals surface area (Å²) in [6, 6.07) is 4.88. The minimum Gasteiger partial charge on any atom is -0.478 e. The average Bonchev–Trinajstić information content (AvgIpc) is 2.89. The van der Waals surface area contributed by atoms with Crippen LogP contribution in [-0.2, 0) is 4.79 Å². The van der Waals surface area contributed by atoms with E-state index < -0.39 is 5.97 Å². The number of hydrogen-bond donors (Lipinski definition) is 2. The molecule has 0 saturated heterocycles. The Labute approximate surface area is 119 Å². The topological polar surface area (TPSA) is 66.4 Å². The fraction of sp³-hybridized carbons (Fsp3) is 0.500. The molecule has 0 bridgehead atoms. The van der Waals surface area contributed by atoms with Crippen LogP contribution in [0.3, 0.4) is 0 Å². The summed E-state index contributed by atoms with van der Waals surface area (Å²) in [5.41, 5.74) is 1.60. The van der Waals surface area contributed by atoms with Gasteiger partial charge >= 0.3 is 5.97 Å². The third kappa shape index (κ3) is 3.83. The van der Waals surface area contributed by atoms with E-state index in [9.17, 15) is 9.59 Å². The predicted octanol–water partition coefficient (Wildman–Crippen LogP) is 3.60. The van der Waals surface area contributed by atoms with Crippen molar-refractivity contribution in [3.63, 3.8) is 0 Å². The molecule has 1 aromatic rings. The van der Waals surface area contributed by atoms with Gasteiger partial charge in [0.25, 0.3) is 0 Å². The molecule has 0 spiro atoms. The smallest absolute Gasteiger partial charge is 0.335 e. The van der Waals surface area contributed by atoms with Crippen LogP contribution in [0.25, 0.3) is 0 Å². The first-order chi connectivity index (χ1) is 9.56. The SMILES string of the molecule is Cc1cc(NC(=O)CCC2CCCC2)ccc1C(=O)O. The lowest BCUT2D eigenvalue weighted by Crippen LogP contribution is -2.13. The van der Waals surface area contributed by atoms with Gasteiger partial charge in [0.05, 0.1) is 5.56 Å². The maximum Gasteiger partial charge on any atom is 0.335 e. The van der Waals surface area contributed by atoms with Gasteiger partial charge in [0.15, 0.2) is 0 Å². The van der Waals surface area contributed by atoms with Gasteiger partial charge in [-0.05, 0) is 43.0 Å². The van der Waals surface area contributed by atoms with Crippen molar-refractivity contribution in [3.05, 3.63) is 29.3 Å². The van der Waals surface area contributed by atoms with Gasteiger partial charge in [-0.3, -0.25) is 4.79 Å². The highest BCUT2D eigenvalue weighted by Crippen LogP contribution is 2.28. The zero-order valence-corrected chi connectivity index (χ0v) is 11.8. The third-order valence-electron chi connectivity index (χ3n) is 3.99. The van der Waals surface area contributed by atoms with Crippen LogP contribution in [0.1, 0.15) is 54.4 Å². The second-order valence-corrected chi connectivity index (χ2v) is 5.57. The summed E-state index contributed by atoms with van der Waals surface area (Å²) in [7, 11) is 0. The first-order valence-electron chi connectivity index (χ1n) is 7.20. The number of nitrogens with one attached hydrogen (secondary N) is 1. The lowest BCUT2D eigenvalue weighted by molar-refractivity contribution is -0.116. The molecular formula is C16H21NO3. The molecule has 1 fully saturated rings. The summed E-state index contributed by atoms with van der Waals surface area (Å²) in [4.78, 5) is 22.8. The number of hydrogen-bond acceptors (Lipinski definition) is 2. The normalized spacial score (nSPS) is 15.2. The van der Waals surface area contributed by atoms with Crippen LogP contribution in [0.5, 0.6) is 0 Å². The van der Waals surface area contributed by atoms with Crippen LogP contribution in [0.2, 0.25) is 0 Å². The standard InChI is InChI=1S/C16H21NO3/c1-11-10-13(7-8-14(11)16(19)20)17-15(18)9-6-12-4-2-3-5-12/h7-8,10,12H,2-6,9H2,1H3,(H,17,18)(H,19,20). The number of carbonyl (C=O) groups is 2. The van der Waals surface area contributed by atoms with E-state index in [0.29, 0.717) is 23.6 Å². The summed E-state index contributed by atoms with van der Waals surface area (Å²) in [6.07, 6.45) is 6.59. The molecule has 0 aromatic heterocycles. The number of carboxylic acids is 1. The largest absolute Gasteiger partial charge is 0.478 e. The average molecular weight is 275 g/mol. The zero-order valence-electron chi connectivity index (χ0n) is 11.8. The summed E-state index contributed by atoms with van der Waals surface area (Å²) in [5.74, 6) is -0.224. The summed E-state index contributed by atoms with van der Waals surface area (Å²) < 4.78 is 0. The first-order valence-corrected chi connectivity index (χ1v) is 7.20. The molecule has 1 amide bonds. The molecule has 0 unspecified atom stereocenters. The van der Waals surface area contributed by atoms with E-state index in [1.165, 1.54) is 31.7 Å². The quantitative estimate of drug-likeness (QED) is 0.862. The van der Waals surface area contributed by atoms with Gasteiger partial charge in [-0.2, -0.15) is 0 Å². The molecule has 2 N–H and O–H groups in total. The van der Waals surface area contributed by atoms with Crippen LogP contribution in [0, 0.1) is 12.8 Å². The summed E-state index contributed by atoms with van der Waals surface area (Å²) in [6.45, 7) is 1.73. The Morgan fingerprint density at radius 3 is 2.60 bits per heavy atom. The van der Waals surface area contributed by atoms with Gasteiger partial charge in [0, 0.05) is 12.1 Å². The van der Waals surface area contributed by atoms with Gasteiger partial charge in [-0.15, -0.1) is 0 Å². The van der Waals surface area contributed by atoms with Crippen molar-refractivity contribution >= 4 is 17.6 Å². The van der Waals surface area contributed by atoms with Crippen LogP contribution < -0.4 is 5.32 Å². The van der Waals surface area contributed by atoms with E-state index in [1.807, 2.05) is 0 Å². The second-order valence-electron chi connectivity index (χ2n) is 5.57. The van der Waals surface area contributed by atoms with E-state index in [2.05, 4.69) is 5.32 Å². The third-order valence-corrected chi connectivity index (χ3v) is 3.99. The molecule has 1 aromatic carbocycles. The molecule has 0 atom stereocenters. The van der Waals surface area contributed by atoms with Crippen molar-refractivity contribution in [2.45, 2.75) is 45.4 Å². The van der Waals surface area contributed by atoms with Crippen molar-refractivity contribution in [2.24, 2.45) is 5.92 Å². The molecule has 4 nitrogen and oxygen atoms in total. The highest BCUT2D eigenvalue weighted by molar-refractivity contribution is 5.93. The summed E-state index contributed by atoms with van der Waals surface area (Å²) in [5, 5.41) is 11.8. The lowest BCUT2D eigenvalue weighted by atomic mass is 10.0. The van der Waals surface area contributed by atoms with Gasteiger partial charge in [-0.1, -0.05) is 25.7 Å². The fourth-order valence-electron chi connectivity index (χ4n) is 2.84. The number of carboxylic acid groups (broad SMARTS) is 1. The monoisotopic (exact) mass is 275 g/mol. The molecule has 0 heterocycles. The maximum atomic E-state index is 11.9. The molecule has 20 heavy (non-hydrogen) atoms. The van der Waals surface area contributed by atoms with Crippen LogP contribution >= 0.6 is 0 Å². The predicted molar refractivity (Wildman–Crippen MR) is 78.0 cm³/mol. The number of benzene rings is 1. The highest BCUT2D eigenvalue weighted by atomic mass is 16.4. The number of aryl methyl sites for hydroxylation is 1. The Hall–Kier alpha value is -1.84. The van der Waals surface area contributed by atoms with Crippen molar-refractivity contribution in [1.29, 1.82) is 0 Å². The molecule has 2 rings (SSSR count). The Morgan fingerprint density at radius 2 is 2.00 bits per heavy atom. The van der Waals surface area contributed by atoms with E-state index in [4.69, 9.17) is 5.11 Å². The van der Waals surface area contributed by atoms with Crippen LogP contribution in [0.15, 0.2) is 18.2 Å². The van der Waals surface area contributed by atoms with E-state index >= 15 is 0 Å². The maximum absolute atomic E-state index is 11.9. The molecule has 1 saturated carbocycles. The summed E-state index contributed by atoms with van der Waals surface area (Å²) >= 11 is 0. The molecule has 4 heteroatoms. The van der Waals surface area contributed by atoms with Crippen molar-refractivity contribution in [1.82, 2.24) is 0 Å². The second kappa shape index (κ2) is 6.55. The van der Waals surface area contributed by atoms with Gasteiger partial charge < -0.3 is 10.4 Å². The molecule has 1 aliphatic rings. The highest BCUT2D eigenvalue weighted by Gasteiger charge is 2.16. The van der Waals surface area contributed by atoms with E-state index in [0.717, 1.165) is 6.42 Å². The Morgan fingerprint density at radius 1 is 1.30 bits per heavy atom. The molecule has 0 radical (unpaired) electrons. The number of anilines is 1. The molecule has 0 aliphatic heterocycles. The van der Waals surface area contributed by atoms with Gasteiger partial charge in [0.2, 0.25) is 5.91 Å². The number of rotatable bonds is 5. The van der Waals surface area contributed by atoms with Gasteiger partial charge in [-0.25, -0.2) is 4.79 Å². The van der Waals surface area contributed by atoms with E-state index in [1.54, 1.807) is 19.1 Å². The number of amides is 1. The van der Waals surface area contributed by atoms with Gasteiger partial charge in [0.1, 0.15) is 0 Å². The minimum absolute atomic E-state index is 0.0133.